The first-order chi connectivity index (χ1) is 13.6. The minimum atomic E-state index is 0.152. The highest BCUT2D eigenvalue weighted by molar-refractivity contribution is 6.11. The van der Waals surface area contributed by atoms with Crippen molar-refractivity contribution in [1.29, 1.82) is 0 Å². The smallest absolute Gasteiger partial charge is 0.185 e. The van der Waals surface area contributed by atoms with Gasteiger partial charge in [-0.2, -0.15) is 0 Å². The summed E-state index contributed by atoms with van der Waals surface area (Å²) in [6, 6.07) is 20.3. The summed E-state index contributed by atoms with van der Waals surface area (Å²) < 4.78 is 0. The molecule has 0 spiro atoms. The van der Waals surface area contributed by atoms with Gasteiger partial charge in [0, 0.05) is 49.0 Å². The lowest BCUT2D eigenvalue weighted by Gasteiger charge is -2.13. The van der Waals surface area contributed by atoms with Gasteiger partial charge in [-0.3, -0.25) is 4.79 Å². The molecule has 3 heteroatoms. The monoisotopic (exact) mass is 370 g/mol. The summed E-state index contributed by atoms with van der Waals surface area (Å²) in [6.45, 7) is 0. The summed E-state index contributed by atoms with van der Waals surface area (Å²) >= 11 is 0. The van der Waals surface area contributed by atoms with Crippen LogP contribution in [0, 0.1) is 0 Å². The summed E-state index contributed by atoms with van der Waals surface area (Å²) in [6.07, 6.45) is 13.3. The van der Waals surface area contributed by atoms with Crippen molar-refractivity contribution in [3.63, 3.8) is 0 Å². The van der Waals surface area contributed by atoms with Gasteiger partial charge in [0.15, 0.2) is 5.78 Å². The Morgan fingerprint density at radius 3 is 1.46 bits per heavy atom. The molecule has 1 aliphatic carbocycles. The molecule has 0 saturated heterocycles. The number of nitrogens with zero attached hydrogens (tertiary/aromatic N) is 2. The van der Waals surface area contributed by atoms with E-state index in [2.05, 4.69) is 24.3 Å². The SMILES string of the molecule is CN(/C=C/C=C1/CC/C(=C/C=C/N(C)c2ccccc2)C1=O)c1ccccc1. The van der Waals surface area contributed by atoms with Crippen LogP contribution in [0.4, 0.5) is 11.4 Å². The third-order valence-electron chi connectivity index (χ3n) is 4.79. The molecule has 0 unspecified atom stereocenters. The van der Waals surface area contributed by atoms with Gasteiger partial charge in [-0.15, -0.1) is 0 Å². The van der Waals surface area contributed by atoms with E-state index >= 15 is 0 Å². The van der Waals surface area contributed by atoms with Crippen molar-refractivity contribution in [2.75, 3.05) is 23.9 Å². The van der Waals surface area contributed by atoms with Gasteiger partial charge in [0.2, 0.25) is 0 Å². The molecule has 1 fully saturated rings. The van der Waals surface area contributed by atoms with Gasteiger partial charge in [0.1, 0.15) is 0 Å². The van der Waals surface area contributed by atoms with Gasteiger partial charge in [-0.25, -0.2) is 0 Å². The molecule has 0 aliphatic heterocycles. The maximum Gasteiger partial charge on any atom is 0.185 e. The number of para-hydroxylation sites is 2. The molecule has 2 aromatic carbocycles. The molecular formula is C25H26N2O. The maximum atomic E-state index is 12.6. The van der Waals surface area contributed by atoms with Gasteiger partial charge in [0.05, 0.1) is 0 Å². The van der Waals surface area contributed by atoms with Crippen LogP contribution in [0.5, 0.6) is 0 Å². The number of Topliss-reactive ketones (excluding diaryl/α,β-unsaturated/α-hetero) is 1. The van der Waals surface area contributed by atoms with E-state index in [1.165, 1.54) is 0 Å². The number of benzene rings is 2. The van der Waals surface area contributed by atoms with Crippen LogP contribution in [0.15, 0.2) is 109 Å². The fourth-order valence-corrected chi connectivity index (χ4v) is 3.10. The van der Waals surface area contributed by atoms with Crippen molar-refractivity contribution in [1.82, 2.24) is 0 Å². The summed E-state index contributed by atoms with van der Waals surface area (Å²) in [5, 5.41) is 0. The molecule has 0 bridgehead atoms. The molecule has 3 nitrogen and oxygen atoms in total. The Morgan fingerprint density at radius 1 is 0.679 bits per heavy atom. The highest BCUT2D eigenvalue weighted by Gasteiger charge is 2.21. The first-order valence-corrected chi connectivity index (χ1v) is 9.50. The zero-order valence-corrected chi connectivity index (χ0v) is 16.5. The predicted octanol–water partition coefficient (Wildman–Crippen LogP) is 5.50. The number of rotatable bonds is 6. The van der Waals surface area contributed by atoms with E-state index in [4.69, 9.17) is 0 Å². The van der Waals surface area contributed by atoms with Crippen LogP contribution in [0.3, 0.4) is 0 Å². The van der Waals surface area contributed by atoms with Crippen LogP contribution >= 0.6 is 0 Å². The van der Waals surface area contributed by atoms with Crippen LogP contribution < -0.4 is 9.80 Å². The Morgan fingerprint density at radius 2 is 1.07 bits per heavy atom. The minimum Gasteiger partial charge on any atom is -0.351 e. The van der Waals surface area contributed by atoms with Crippen molar-refractivity contribution in [3.8, 4) is 0 Å². The zero-order chi connectivity index (χ0) is 19.8. The summed E-state index contributed by atoms with van der Waals surface area (Å²) in [4.78, 5) is 16.6. The minimum absolute atomic E-state index is 0.152. The summed E-state index contributed by atoms with van der Waals surface area (Å²) in [7, 11) is 4.00. The van der Waals surface area contributed by atoms with E-state index in [1.54, 1.807) is 0 Å². The first kappa shape index (κ1) is 19.4. The van der Waals surface area contributed by atoms with Crippen molar-refractivity contribution < 1.29 is 4.79 Å². The van der Waals surface area contributed by atoms with E-state index < -0.39 is 0 Å². The second kappa shape index (κ2) is 9.56. The number of ketones is 1. The van der Waals surface area contributed by atoms with Gasteiger partial charge in [-0.05, 0) is 49.3 Å². The predicted molar refractivity (Wildman–Crippen MR) is 118 cm³/mol. The lowest BCUT2D eigenvalue weighted by molar-refractivity contribution is -0.111. The normalized spacial score (nSPS) is 17.3. The van der Waals surface area contributed by atoms with Gasteiger partial charge in [-0.1, -0.05) is 48.6 Å². The average molecular weight is 370 g/mol. The third kappa shape index (κ3) is 5.10. The molecule has 0 heterocycles. The van der Waals surface area contributed by atoms with Gasteiger partial charge in [0.25, 0.3) is 0 Å². The third-order valence-corrected chi connectivity index (χ3v) is 4.79. The molecule has 28 heavy (non-hydrogen) atoms. The molecule has 2 aromatic rings. The average Bonchev–Trinajstić information content (AvgIpc) is 3.09. The number of carbonyl (C=O) groups is 1. The van der Waals surface area contributed by atoms with E-state index in [0.717, 1.165) is 35.4 Å². The van der Waals surface area contributed by atoms with Crippen molar-refractivity contribution in [2.45, 2.75) is 12.8 Å². The lowest BCUT2D eigenvalue weighted by atomic mass is 10.1. The molecule has 0 atom stereocenters. The second-order valence-corrected chi connectivity index (χ2v) is 6.79. The van der Waals surface area contributed by atoms with Crippen LogP contribution in [0.1, 0.15) is 12.8 Å². The Kier molecular flexibility index (Phi) is 6.64. The molecule has 142 valence electrons. The van der Waals surface area contributed by atoms with Crippen molar-refractivity contribution >= 4 is 17.2 Å². The number of allylic oxidation sites excluding steroid dienone is 6. The number of anilines is 2. The summed E-state index contributed by atoms with van der Waals surface area (Å²) in [5.41, 5.74) is 3.97. The van der Waals surface area contributed by atoms with Gasteiger partial charge >= 0.3 is 0 Å². The van der Waals surface area contributed by atoms with Crippen LogP contribution in [0.2, 0.25) is 0 Å². The number of hydrogen-bond donors (Lipinski definition) is 0. The van der Waals surface area contributed by atoms with E-state index in [9.17, 15) is 4.79 Å². The highest BCUT2D eigenvalue weighted by Crippen LogP contribution is 2.26. The molecule has 0 amide bonds. The Hall–Kier alpha value is -3.33. The standard InChI is InChI=1S/C25H26N2O/c1-26(23-13-5-3-6-14-23)19-9-11-21-17-18-22(25(21)28)12-10-20-27(2)24-15-7-4-8-16-24/h3-16,19-20H,17-18H2,1-2H3/b19-9+,20-10+,21-11-,22-12-. The number of hydrogen-bond acceptors (Lipinski definition) is 3. The molecule has 0 aromatic heterocycles. The fourth-order valence-electron chi connectivity index (χ4n) is 3.10. The highest BCUT2D eigenvalue weighted by atomic mass is 16.1. The molecule has 3 rings (SSSR count). The largest absolute Gasteiger partial charge is 0.351 e. The fraction of sp³-hybridized carbons (Fsp3) is 0.160. The van der Waals surface area contributed by atoms with Crippen LogP contribution in [-0.2, 0) is 4.79 Å². The van der Waals surface area contributed by atoms with E-state index in [-0.39, 0.29) is 5.78 Å². The summed E-state index contributed by atoms with van der Waals surface area (Å²) in [5.74, 6) is 0.152. The van der Waals surface area contributed by atoms with Gasteiger partial charge < -0.3 is 9.80 Å². The number of carbonyl (C=O) groups excluding carboxylic acids is 1. The van der Waals surface area contributed by atoms with Crippen LogP contribution in [-0.4, -0.2) is 19.9 Å². The van der Waals surface area contributed by atoms with E-state index in [1.807, 2.05) is 97.0 Å². The lowest BCUT2D eigenvalue weighted by Crippen LogP contribution is -2.07. The second-order valence-electron chi connectivity index (χ2n) is 6.79. The topological polar surface area (TPSA) is 23.6 Å². The molecule has 0 radical (unpaired) electrons. The Labute approximate surface area is 167 Å². The maximum absolute atomic E-state index is 12.6. The first-order valence-electron chi connectivity index (χ1n) is 9.50. The van der Waals surface area contributed by atoms with E-state index in [0.29, 0.717) is 0 Å². The molecule has 1 aliphatic rings. The Bertz CT molecular complexity index is 833. The molecular weight excluding hydrogens is 344 g/mol. The van der Waals surface area contributed by atoms with Crippen LogP contribution in [0.25, 0.3) is 0 Å². The van der Waals surface area contributed by atoms with Crippen molar-refractivity contribution in [2.24, 2.45) is 0 Å². The Balaban J connectivity index is 1.59. The van der Waals surface area contributed by atoms with Crippen molar-refractivity contribution in [3.05, 3.63) is 109 Å². The quantitative estimate of drug-likeness (QED) is 0.627. The zero-order valence-electron chi connectivity index (χ0n) is 16.5. The molecule has 0 N–H and O–H groups in total. The molecule has 1 saturated carbocycles.